The molecule has 22 heavy (non-hydrogen) atoms. The first-order chi connectivity index (χ1) is 10.3. The molecule has 0 saturated carbocycles. The van der Waals surface area contributed by atoms with Crippen LogP contribution < -0.4 is 5.32 Å². The van der Waals surface area contributed by atoms with E-state index in [0.717, 1.165) is 0 Å². The minimum atomic E-state index is -0.896. The Kier molecular flexibility index (Phi) is 6.62. The summed E-state index contributed by atoms with van der Waals surface area (Å²) in [7, 11) is 1.60. The van der Waals surface area contributed by atoms with Crippen LogP contribution in [-0.2, 0) is 9.59 Å². The first-order valence-corrected chi connectivity index (χ1v) is 7.14. The van der Waals surface area contributed by atoms with Gasteiger partial charge in [0.1, 0.15) is 6.04 Å². The monoisotopic (exact) mass is 310 g/mol. The number of hydrogen-bond acceptors (Lipinski definition) is 4. The van der Waals surface area contributed by atoms with Gasteiger partial charge in [0.2, 0.25) is 5.91 Å². The molecular weight excluding hydrogens is 288 g/mol. The lowest BCUT2D eigenvalue weighted by Gasteiger charge is -2.26. The summed E-state index contributed by atoms with van der Waals surface area (Å²) in [4.78, 5) is 36.3. The van der Waals surface area contributed by atoms with E-state index in [9.17, 15) is 14.4 Å². The fourth-order valence-electron chi connectivity index (χ4n) is 1.95. The highest BCUT2D eigenvalue weighted by Gasteiger charge is 2.27. The van der Waals surface area contributed by atoms with Crippen LogP contribution in [0.4, 0.5) is 0 Å². The summed E-state index contributed by atoms with van der Waals surface area (Å²) in [6.45, 7) is 3.98. The van der Waals surface area contributed by atoms with E-state index in [4.69, 9.17) is 9.52 Å². The van der Waals surface area contributed by atoms with Crippen molar-refractivity contribution in [3.8, 4) is 0 Å². The van der Waals surface area contributed by atoms with Gasteiger partial charge in [0.15, 0.2) is 5.76 Å². The van der Waals surface area contributed by atoms with Crippen LogP contribution in [0.25, 0.3) is 0 Å². The van der Waals surface area contributed by atoms with Crippen molar-refractivity contribution in [3.05, 3.63) is 24.2 Å². The Balaban J connectivity index is 2.63. The molecule has 0 aliphatic heterocycles. The van der Waals surface area contributed by atoms with Crippen molar-refractivity contribution in [1.82, 2.24) is 10.2 Å². The molecule has 7 nitrogen and oxygen atoms in total. The first-order valence-electron chi connectivity index (χ1n) is 7.14. The number of carbonyl (C=O) groups is 3. The Labute approximate surface area is 129 Å². The second-order valence-corrected chi connectivity index (χ2v) is 5.43. The van der Waals surface area contributed by atoms with Gasteiger partial charge in [-0.1, -0.05) is 13.8 Å². The van der Waals surface area contributed by atoms with Crippen molar-refractivity contribution in [3.63, 3.8) is 0 Å². The van der Waals surface area contributed by atoms with Crippen LogP contribution in [0.15, 0.2) is 22.8 Å². The highest BCUT2D eigenvalue weighted by atomic mass is 16.4. The third-order valence-electron chi connectivity index (χ3n) is 3.22. The maximum absolute atomic E-state index is 12.4. The van der Waals surface area contributed by atoms with E-state index < -0.39 is 17.9 Å². The van der Waals surface area contributed by atoms with Gasteiger partial charge in [-0.25, -0.2) is 0 Å². The molecule has 0 fully saturated rings. The lowest BCUT2D eigenvalue weighted by molar-refractivity contribution is -0.138. The van der Waals surface area contributed by atoms with Crippen molar-refractivity contribution >= 4 is 17.8 Å². The van der Waals surface area contributed by atoms with Gasteiger partial charge in [-0.15, -0.1) is 0 Å². The molecule has 1 unspecified atom stereocenters. The molecule has 0 aromatic carbocycles. The van der Waals surface area contributed by atoms with Gasteiger partial charge in [-0.3, -0.25) is 14.4 Å². The van der Waals surface area contributed by atoms with E-state index in [-0.39, 0.29) is 24.0 Å². The summed E-state index contributed by atoms with van der Waals surface area (Å²) in [6, 6.07) is 2.43. The summed E-state index contributed by atoms with van der Waals surface area (Å²) in [5, 5.41) is 11.3. The zero-order valence-electron chi connectivity index (χ0n) is 13.0. The molecule has 0 spiro atoms. The summed E-state index contributed by atoms with van der Waals surface area (Å²) >= 11 is 0. The topological polar surface area (TPSA) is 99.9 Å². The fourth-order valence-corrected chi connectivity index (χ4v) is 1.95. The van der Waals surface area contributed by atoms with E-state index in [1.165, 1.54) is 17.2 Å². The lowest BCUT2D eigenvalue weighted by Crippen LogP contribution is -2.50. The summed E-state index contributed by atoms with van der Waals surface area (Å²) in [5.41, 5.74) is 0. The van der Waals surface area contributed by atoms with Crippen molar-refractivity contribution in [2.75, 3.05) is 13.6 Å². The number of carbonyl (C=O) groups excluding carboxylic acids is 2. The smallest absolute Gasteiger partial charge is 0.303 e. The van der Waals surface area contributed by atoms with Gasteiger partial charge in [0.25, 0.3) is 5.91 Å². The lowest BCUT2D eigenvalue weighted by atomic mass is 10.0. The summed E-state index contributed by atoms with van der Waals surface area (Å²) in [6.07, 6.45) is 1.76. The highest BCUT2D eigenvalue weighted by Crippen LogP contribution is 2.09. The molecule has 0 saturated heterocycles. The Morgan fingerprint density at radius 2 is 2.05 bits per heavy atom. The number of aliphatic carboxylic acids is 1. The maximum Gasteiger partial charge on any atom is 0.303 e. The number of carboxylic acids is 1. The van der Waals surface area contributed by atoms with Crippen molar-refractivity contribution in [2.45, 2.75) is 32.7 Å². The second-order valence-electron chi connectivity index (χ2n) is 5.43. The van der Waals surface area contributed by atoms with Crippen LogP contribution in [0.2, 0.25) is 0 Å². The SMILES string of the molecule is CC(C)C(NC(=O)c1ccco1)C(=O)N(C)CCCC(=O)O. The molecule has 0 aliphatic rings. The molecule has 0 radical (unpaired) electrons. The van der Waals surface area contributed by atoms with Gasteiger partial charge < -0.3 is 19.7 Å². The number of hydrogen-bond donors (Lipinski definition) is 2. The third-order valence-corrected chi connectivity index (χ3v) is 3.22. The molecule has 1 heterocycles. The minimum absolute atomic E-state index is 0.00270. The maximum atomic E-state index is 12.4. The molecule has 7 heteroatoms. The number of likely N-dealkylation sites (N-methyl/N-ethyl adjacent to an activating group) is 1. The number of nitrogens with one attached hydrogen (secondary N) is 1. The van der Waals surface area contributed by atoms with Crippen LogP contribution in [0.5, 0.6) is 0 Å². The van der Waals surface area contributed by atoms with E-state index in [1.54, 1.807) is 13.1 Å². The van der Waals surface area contributed by atoms with Gasteiger partial charge in [0.05, 0.1) is 6.26 Å². The Hall–Kier alpha value is -2.31. The van der Waals surface area contributed by atoms with Gasteiger partial charge in [0, 0.05) is 20.0 Å². The van der Waals surface area contributed by atoms with E-state index in [2.05, 4.69) is 5.32 Å². The standard InChI is InChI=1S/C15H22N2O5/c1-10(2)13(16-14(20)11-6-5-9-22-11)15(21)17(3)8-4-7-12(18)19/h5-6,9-10,13H,4,7-8H2,1-3H3,(H,16,20)(H,18,19). The molecular formula is C15H22N2O5. The number of rotatable bonds is 8. The van der Waals surface area contributed by atoms with Crippen LogP contribution in [0.1, 0.15) is 37.2 Å². The highest BCUT2D eigenvalue weighted by molar-refractivity contribution is 5.95. The predicted octanol–water partition coefficient (Wildman–Crippen LogP) is 1.36. The molecule has 0 aliphatic carbocycles. The summed E-state index contributed by atoms with van der Waals surface area (Å²) in [5.74, 6) is -1.55. The van der Waals surface area contributed by atoms with Gasteiger partial charge in [-0.05, 0) is 24.5 Å². The zero-order valence-corrected chi connectivity index (χ0v) is 13.0. The minimum Gasteiger partial charge on any atom is -0.481 e. The quantitative estimate of drug-likeness (QED) is 0.755. The van der Waals surface area contributed by atoms with Crippen molar-refractivity contribution in [1.29, 1.82) is 0 Å². The second kappa shape index (κ2) is 8.21. The third kappa shape index (κ3) is 5.23. The average molecular weight is 310 g/mol. The molecule has 1 aromatic rings. The first kappa shape index (κ1) is 17.7. The fraction of sp³-hybridized carbons (Fsp3) is 0.533. The number of carboxylic acid groups (broad SMARTS) is 1. The van der Waals surface area contributed by atoms with Crippen LogP contribution in [0.3, 0.4) is 0 Å². The van der Waals surface area contributed by atoms with E-state index in [0.29, 0.717) is 13.0 Å². The van der Waals surface area contributed by atoms with E-state index >= 15 is 0 Å². The van der Waals surface area contributed by atoms with Crippen LogP contribution in [-0.4, -0.2) is 47.4 Å². The largest absolute Gasteiger partial charge is 0.481 e. The number of furan rings is 1. The van der Waals surface area contributed by atoms with Gasteiger partial charge >= 0.3 is 5.97 Å². The molecule has 1 atom stereocenters. The summed E-state index contributed by atoms with van der Waals surface area (Å²) < 4.78 is 5.01. The number of nitrogens with zero attached hydrogens (tertiary/aromatic N) is 1. The Bertz CT molecular complexity index is 510. The van der Waals surface area contributed by atoms with Crippen LogP contribution >= 0.6 is 0 Å². The van der Waals surface area contributed by atoms with Crippen LogP contribution in [0, 0.1) is 5.92 Å². The molecule has 1 rings (SSSR count). The molecule has 0 bridgehead atoms. The number of amides is 2. The normalized spacial score (nSPS) is 12.0. The molecule has 122 valence electrons. The van der Waals surface area contributed by atoms with Crippen molar-refractivity contribution < 1.29 is 23.9 Å². The Morgan fingerprint density at radius 1 is 1.36 bits per heavy atom. The molecule has 2 N–H and O–H groups in total. The zero-order chi connectivity index (χ0) is 16.7. The van der Waals surface area contributed by atoms with Crippen molar-refractivity contribution in [2.24, 2.45) is 5.92 Å². The van der Waals surface area contributed by atoms with E-state index in [1.807, 2.05) is 13.8 Å². The molecule has 1 aromatic heterocycles. The predicted molar refractivity (Wildman–Crippen MR) is 79.3 cm³/mol. The van der Waals surface area contributed by atoms with Gasteiger partial charge in [-0.2, -0.15) is 0 Å². The Morgan fingerprint density at radius 3 is 2.55 bits per heavy atom. The average Bonchev–Trinajstić information content (AvgIpc) is 2.97. The molecule has 2 amide bonds.